The van der Waals surface area contributed by atoms with E-state index in [4.69, 9.17) is 9.89 Å². The smallest absolute Gasteiger partial charge is 0.253 e. The van der Waals surface area contributed by atoms with Gasteiger partial charge in [0.05, 0.1) is 11.6 Å². The summed E-state index contributed by atoms with van der Waals surface area (Å²) in [6.45, 7) is 2.12. The van der Waals surface area contributed by atoms with Crippen molar-refractivity contribution in [1.29, 1.82) is 5.26 Å². The summed E-state index contributed by atoms with van der Waals surface area (Å²) in [5.41, 5.74) is 6.10. The van der Waals surface area contributed by atoms with E-state index >= 15 is 0 Å². The van der Waals surface area contributed by atoms with Crippen molar-refractivity contribution in [3.05, 3.63) is 95.2 Å². The zero-order valence-electron chi connectivity index (χ0n) is 18.4. The number of carbonyl (C=O) groups excluding carboxylic acids is 1. The molecule has 1 aliphatic heterocycles. The van der Waals surface area contributed by atoms with Crippen molar-refractivity contribution in [1.82, 2.24) is 19.8 Å². The molecular formula is C27H21N5O2. The van der Waals surface area contributed by atoms with Gasteiger partial charge in [-0.1, -0.05) is 30.3 Å². The van der Waals surface area contributed by atoms with Gasteiger partial charge in [0.25, 0.3) is 5.91 Å². The van der Waals surface area contributed by atoms with Crippen molar-refractivity contribution < 1.29 is 9.42 Å². The van der Waals surface area contributed by atoms with Gasteiger partial charge >= 0.3 is 0 Å². The Kier molecular flexibility index (Phi) is 4.84. The van der Waals surface area contributed by atoms with Crippen molar-refractivity contribution in [2.24, 2.45) is 0 Å². The summed E-state index contributed by atoms with van der Waals surface area (Å²) >= 11 is 0. The molecule has 0 radical (unpaired) electrons. The Morgan fingerprint density at radius 3 is 2.74 bits per heavy atom. The lowest BCUT2D eigenvalue weighted by atomic mass is 9.98. The summed E-state index contributed by atoms with van der Waals surface area (Å²) in [4.78, 5) is 15.1. The molecule has 1 atom stereocenters. The van der Waals surface area contributed by atoms with Crippen LogP contribution in [-0.4, -0.2) is 38.8 Å². The third-order valence-corrected chi connectivity index (χ3v) is 6.67. The highest BCUT2D eigenvalue weighted by Gasteiger charge is 2.30. The monoisotopic (exact) mass is 447 g/mol. The standard InChI is InChI=1S/C27H21N5O2/c28-14-18-5-7-19(8-6-18)15-32-17-23(22-3-1-2-4-26(22)32)21-11-12-31(16-21)27(33)20-9-10-24-25(13-20)30-34-29-24/h1-10,13,17,21H,11-12,15-16H2. The van der Waals surface area contributed by atoms with Gasteiger partial charge in [0.15, 0.2) is 0 Å². The molecule has 1 amide bonds. The first-order chi connectivity index (χ1) is 16.7. The van der Waals surface area contributed by atoms with E-state index in [9.17, 15) is 4.79 Å². The van der Waals surface area contributed by atoms with Gasteiger partial charge < -0.3 is 9.47 Å². The Balaban J connectivity index is 1.26. The molecule has 34 heavy (non-hydrogen) atoms. The molecule has 0 bridgehead atoms. The fraction of sp³-hybridized carbons (Fsp3) is 0.185. The molecule has 166 valence electrons. The zero-order chi connectivity index (χ0) is 23.1. The number of aromatic nitrogens is 3. The van der Waals surface area contributed by atoms with E-state index in [1.807, 2.05) is 29.2 Å². The molecule has 0 saturated carbocycles. The van der Waals surface area contributed by atoms with Crippen LogP contribution in [0.2, 0.25) is 0 Å². The van der Waals surface area contributed by atoms with E-state index in [1.165, 1.54) is 16.5 Å². The number of nitriles is 1. The molecule has 1 saturated heterocycles. The molecule has 2 aromatic heterocycles. The largest absolute Gasteiger partial charge is 0.343 e. The van der Waals surface area contributed by atoms with Crippen LogP contribution in [0.1, 0.15) is 39.4 Å². The number of hydrogen-bond acceptors (Lipinski definition) is 5. The molecule has 3 aromatic carbocycles. The summed E-state index contributed by atoms with van der Waals surface area (Å²) in [6.07, 6.45) is 3.15. The van der Waals surface area contributed by atoms with Crippen molar-refractivity contribution in [3.8, 4) is 6.07 Å². The van der Waals surface area contributed by atoms with Crippen LogP contribution in [0.4, 0.5) is 0 Å². The van der Waals surface area contributed by atoms with Gasteiger partial charge in [-0.2, -0.15) is 5.26 Å². The maximum atomic E-state index is 13.2. The maximum absolute atomic E-state index is 13.2. The molecule has 6 rings (SSSR count). The molecular weight excluding hydrogens is 426 g/mol. The Bertz CT molecular complexity index is 1560. The minimum atomic E-state index is 0.00807. The third-order valence-electron chi connectivity index (χ3n) is 6.67. The van der Waals surface area contributed by atoms with Crippen LogP contribution in [-0.2, 0) is 6.54 Å². The summed E-state index contributed by atoms with van der Waals surface area (Å²) in [5, 5.41) is 18.0. The average molecular weight is 447 g/mol. The molecule has 1 fully saturated rings. The number of carbonyl (C=O) groups is 1. The summed E-state index contributed by atoms with van der Waals surface area (Å²) < 4.78 is 7.02. The molecule has 7 nitrogen and oxygen atoms in total. The zero-order valence-corrected chi connectivity index (χ0v) is 18.4. The predicted molar refractivity (Wildman–Crippen MR) is 127 cm³/mol. The molecule has 5 aromatic rings. The highest BCUT2D eigenvalue weighted by molar-refractivity contribution is 5.97. The average Bonchev–Trinajstić information content (AvgIpc) is 3.62. The summed E-state index contributed by atoms with van der Waals surface area (Å²) in [7, 11) is 0. The lowest BCUT2D eigenvalue weighted by Gasteiger charge is -2.16. The number of fused-ring (bicyclic) bond motifs is 2. The van der Waals surface area contributed by atoms with Crippen LogP contribution in [0.5, 0.6) is 0 Å². The highest BCUT2D eigenvalue weighted by atomic mass is 16.6. The van der Waals surface area contributed by atoms with E-state index in [0.717, 1.165) is 18.5 Å². The quantitative estimate of drug-likeness (QED) is 0.398. The number of nitrogens with zero attached hydrogens (tertiary/aromatic N) is 5. The van der Waals surface area contributed by atoms with E-state index in [-0.39, 0.29) is 11.8 Å². The van der Waals surface area contributed by atoms with Crippen LogP contribution in [0.3, 0.4) is 0 Å². The number of benzene rings is 3. The summed E-state index contributed by atoms with van der Waals surface area (Å²) in [6, 6.07) is 23.6. The number of likely N-dealkylation sites (tertiary alicyclic amines) is 1. The molecule has 3 heterocycles. The lowest BCUT2D eigenvalue weighted by Crippen LogP contribution is -2.28. The minimum absolute atomic E-state index is 0.00807. The van der Waals surface area contributed by atoms with Crippen molar-refractivity contribution in [2.75, 3.05) is 13.1 Å². The van der Waals surface area contributed by atoms with Gasteiger partial charge in [-0.25, -0.2) is 4.63 Å². The molecule has 0 spiro atoms. The van der Waals surface area contributed by atoms with Crippen LogP contribution < -0.4 is 0 Å². The first-order valence-electron chi connectivity index (χ1n) is 11.3. The van der Waals surface area contributed by atoms with Crippen LogP contribution >= 0.6 is 0 Å². The fourth-order valence-corrected chi connectivity index (χ4v) is 4.91. The van der Waals surface area contributed by atoms with Gasteiger partial charge in [-0.15, -0.1) is 0 Å². The predicted octanol–water partition coefficient (Wildman–Crippen LogP) is 4.73. The summed E-state index contributed by atoms with van der Waals surface area (Å²) in [5.74, 6) is 0.280. The van der Waals surface area contributed by atoms with Gasteiger partial charge in [0, 0.05) is 48.2 Å². The second-order valence-corrected chi connectivity index (χ2v) is 8.74. The highest BCUT2D eigenvalue weighted by Crippen LogP contribution is 2.35. The Labute approximate surface area is 195 Å². The normalized spacial score (nSPS) is 15.7. The fourth-order valence-electron chi connectivity index (χ4n) is 4.91. The van der Waals surface area contributed by atoms with Crippen molar-refractivity contribution in [2.45, 2.75) is 18.9 Å². The van der Waals surface area contributed by atoms with E-state index < -0.39 is 0 Å². The van der Waals surface area contributed by atoms with Gasteiger partial charge in [-0.3, -0.25) is 4.79 Å². The van der Waals surface area contributed by atoms with Crippen LogP contribution in [0, 0.1) is 11.3 Å². The molecule has 1 unspecified atom stereocenters. The third kappa shape index (κ3) is 3.50. The Hall–Kier alpha value is -4.44. The van der Waals surface area contributed by atoms with Crippen molar-refractivity contribution in [3.63, 3.8) is 0 Å². The second kappa shape index (κ2) is 8.16. The molecule has 1 aliphatic rings. The second-order valence-electron chi connectivity index (χ2n) is 8.74. The van der Waals surface area contributed by atoms with Gasteiger partial charge in [0.1, 0.15) is 11.0 Å². The number of rotatable bonds is 4. The van der Waals surface area contributed by atoms with Crippen LogP contribution in [0.25, 0.3) is 21.9 Å². The Morgan fingerprint density at radius 1 is 1.06 bits per heavy atom. The van der Waals surface area contributed by atoms with Gasteiger partial charge in [0.2, 0.25) is 0 Å². The number of hydrogen-bond donors (Lipinski definition) is 0. The molecule has 7 heteroatoms. The molecule has 0 N–H and O–H groups in total. The van der Waals surface area contributed by atoms with E-state index in [0.29, 0.717) is 35.2 Å². The van der Waals surface area contributed by atoms with Crippen molar-refractivity contribution >= 4 is 27.8 Å². The number of amides is 1. The first-order valence-corrected chi connectivity index (χ1v) is 11.3. The maximum Gasteiger partial charge on any atom is 0.253 e. The van der Waals surface area contributed by atoms with Crippen LogP contribution in [0.15, 0.2) is 77.6 Å². The van der Waals surface area contributed by atoms with E-state index in [2.05, 4.69) is 51.4 Å². The first kappa shape index (κ1) is 20.2. The lowest BCUT2D eigenvalue weighted by molar-refractivity contribution is 0.0791. The SMILES string of the molecule is N#Cc1ccc(Cn2cc(C3CCN(C(=O)c4ccc5nonc5c4)C3)c3ccccc32)cc1. The Morgan fingerprint density at radius 2 is 1.88 bits per heavy atom. The minimum Gasteiger partial charge on any atom is -0.343 e. The van der Waals surface area contributed by atoms with E-state index in [1.54, 1.807) is 18.2 Å². The molecule has 0 aliphatic carbocycles. The van der Waals surface area contributed by atoms with Gasteiger partial charge in [-0.05, 0) is 64.3 Å². The topological polar surface area (TPSA) is 88.0 Å². The number of para-hydroxylation sites is 1.